The largest absolute Gasteiger partial charge is 0.457 e. The van der Waals surface area contributed by atoms with Crippen LogP contribution in [0.15, 0.2) is 44.8 Å². The van der Waals surface area contributed by atoms with Crippen LogP contribution in [-0.2, 0) is 29.7 Å². The van der Waals surface area contributed by atoms with Gasteiger partial charge in [-0.05, 0) is 25.5 Å². The Morgan fingerprint density at radius 3 is 2.69 bits per heavy atom. The molecule has 0 bridgehead atoms. The molecule has 1 N–H and O–H groups in total. The molecule has 3 aromatic rings. The quantitative estimate of drug-likeness (QED) is 0.447. The lowest BCUT2D eigenvalue weighted by Crippen LogP contribution is -2.31. The third-order valence-corrected chi connectivity index (χ3v) is 5.66. The van der Waals surface area contributed by atoms with Crippen molar-refractivity contribution in [2.75, 3.05) is 0 Å². The number of thioether (sulfide) groups is 1. The van der Waals surface area contributed by atoms with Crippen molar-refractivity contribution in [1.29, 1.82) is 0 Å². The van der Waals surface area contributed by atoms with Crippen molar-refractivity contribution in [3.8, 4) is 0 Å². The van der Waals surface area contributed by atoms with Crippen molar-refractivity contribution in [2.45, 2.75) is 50.0 Å². The van der Waals surface area contributed by atoms with Crippen LogP contribution in [0.4, 0.5) is 0 Å². The minimum atomic E-state index is -0.502. The van der Waals surface area contributed by atoms with Crippen LogP contribution in [0.5, 0.6) is 0 Å². The average Bonchev–Trinajstić information content (AvgIpc) is 3.03. The number of carbonyl (C=O) groups excluding carboxylic acids is 1. The van der Waals surface area contributed by atoms with Gasteiger partial charge in [0.25, 0.3) is 5.56 Å². The van der Waals surface area contributed by atoms with Crippen molar-refractivity contribution in [1.82, 2.24) is 19.1 Å². The Labute approximate surface area is 171 Å². The molecule has 2 heterocycles. The summed E-state index contributed by atoms with van der Waals surface area (Å²) in [6.07, 6.45) is 1.69. The Kier molecular flexibility index (Phi) is 6.58. The first-order valence-corrected chi connectivity index (χ1v) is 10.4. The monoisotopic (exact) mass is 416 g/mol. The van der Waals surface area contributed by atoms with Crippen molar-refractivity contribution in [3.63, 3.8) is 0 Å². The predicted molar refractivity (Wildman–Crippen MR) is 112 cm³/mol. The highest BCUT2D eigenvalue weighted by molar-refractivity contribution is 8.00. The molecule has 0 aliphatic rings. The van der Waals surface area contributed by atoms with Gasteiger partial charge in [-0.25, -0.2) is 9.78 Å². The zero-order chi connectivity index (χ0) is 21.0. The fourth-order valence-electron chi connectivity index (χ4n) is 2.95. The standard InChI is InChI=1S/C20H24N4O4S/c1-4-5-11-24-17-16(18(25)22-20(24)27)23(3)15(21-17)12-28-19(26)13(2)29-14-9-7-6-8-10-14/h6-10,13H,4-5,11-12H2,1-3H3,(H,22,25,27)/t13-/m0/s1. The van der Waals surface area contributed by atoms with Crippen molar-refractivity contribution in [3.05, 3.63) is 57.0 Å². The molecule has 0 unspecified atom stereocenters. The van der Waals surface area contributed by atoms with Crippen LogP contribution in [0.2, 0.25) is 0 Å². The Balaban J connectivity index is 1.79. The Morgan fingerprint density at radius 2 is 2.00 bits per heavy atom. The molecule has 2 aromatic heterocycles. The molecule has 1 aromatic carbocycles. The highest BCUT2D eigenvalue weighted by Crippen LogP contribution is 2.23. The predicted octanol–water partition coefficient (Wildman–Crippen LogP) is 2.45. The lowest BCUT2D eigenvalue weighted by Gasteiger charge is -2.11. The molecule has 0 saturated heterocycles. The number of carbonyl (C=O) groups is 1. The zero-order valence-electron chi connectivity index (χ0n) is 16.7. The van der Waals surface area contributed by atoms with E-state index in [4.69, 9.17) is 4.74 Å². The van der Waals surface area contributed by atoms with Gasteiger partial charge in [-0.1, -0.05) is 31.5 Å². The number of benzene rings is 1. The third-order valence-electron chi connectivity index (χ3n) is 4.57. The van der Waals surface area contributed by atoms with Gasteiger partial charge in [0.15, 0.2) is 11.2 Å². The molecular weight excluding hydrogens is 392 g/mol. The molecule has 1 atom stereocenters. The number of nitrogens with zero attached hydrogens (tertiary/aromatic N) is 3. The highest BCUT2D eigenvalue weighted by atomic mass is 32.2. The van der Waals surface area contributed by atoms with Gasteiger partial charge in [-0.2, -0.15) is 0 Å². The second kappa shape index (κ2) is 9.13. The van der Waals surface area contributed by atoms with E-state index in [0.717, 1.165) is 17.7 Å². The smallest absolute Gasteiger partial charge is 0.330 e. The SMILES string of the molecule is CCCCn1c(=O)[nH]c(=O)c2c1nc(COC(=O)[C@H](C)Sc1ccccc1)n2C. The number of aromatic nitrogens is 4. The van der Waals surface area contributed by atoms with Crippen molar-refractivity contribution in [2.24, 2.45) is 7.05 Å². The average molecular weight is 417 g/mol. The normalized spacial score (nSPS) is 12.2. The van der Waals surface area contributed by atoms with Gasteiger partial charge in [-0.15, -0.1) is 11.8 Å². The first-order chi connectivity index (χ1) is 13.9. The number of nitrogens with one attached hydrogen (secondary N) is 1. The number of ether oxygens (including phenoxy) is 1. The molecule has 29 heavy (non-hydrogen) atoms. The molecule has 0 spiro atoms. The number of H-pyrrole nitrogens is 1. The van der Waals surface area contributed by atoms with E-state index in [2.05, 4.69) is 9.97 Å². The van der Waals surface area contributed by atoms with Crippen LogP contribution in [0.1, 0.15) is 32.5 Å². The number of esters is 1. The summed E-state index contributed by atoms with van der Waals surface area (Å²) in [4.78, 5) is 44.6. The molecule has 154 valence electrons. The van der Waals surface area contributed by atoms with Crippen LogP contribution < -0.4 is 11.2 Å². The molecular formula is C20H24N4O4S. The first kappa shape index (κ1) is 20.9. The number of unbranched alkanes of at least 4 members (excludes halogenated alkanes) is 1. The molecule has 8 nitrogen and oxygen atoms in total. The number of aromatic amines is 1. The maximum atomic E-state index is 12.4. The number of fused-ring (bicyclic) bond motifs is 1. The zero-order valence-corrected chi connectivity index (χ0v) is 17.5. The fraction of sp³-hybridized carbons (Fsp3) is 0.400. The minimum absolute atomic E-state index is 0.0783. The van der Waals surface area contributed by atoms with Crippen LogP contribution in [-0.4, -0.2) is 30.3 Å². The molecule has 3 rings (SSSR count). The van der Waals surface area contributed by atoms with Crippen molar-refractivity contribution >= 4 is 28.9 Å². The fourth-order valence-corrected chi connectivity index (χ4v) is 3.84. The summed E-state index contributed by atoms with van der Waals surface area (Å²) >= 11 is 1.41. The summed E-state index contributed by atoms with van der Waals surface area (Å²) in [5.74, 6) is 0.0369. The lowest BCUT2D eigenvalue weighted by atomic mass is 10.3. The molecule has 0 radical (unpaired) electrons. The molecule has 9 heteroatoms. The molecule has 0 fully saturated rings. The number of aryl methyl sites for hydroxylation is 2. The van der Waals surface area contributed by atoms with E-state index < -0.39 is 16.5 Å². The maximum absolute atomic E-state index is 12.4. The number of rotatable bonds is 8. The Hall–Kier alpha value is -2.81. The van der Waals surface area contributed by atoms with Crippen LogP contribution >= 0.6 is 11.8 Å². The topological polar surface area (TPSA) is 99.0 Å². The molecule has 0 aliphatic heterocycles. The summed E-state index contributed by atoms with van der Waals surface area (Å²) in [5, 5.41) is -0.391. The minimum Gasteiger partial charge on any atom is -0.457 e. The van der Waals surface area contributed by atoms with E-state index in [9.17, 15) is 14.4 Å². The summed E-state index contributed by atoms with van der Waals surface area (Å²) in [7, 11) is 1.67. The second-order valence-corrected chi connectivity index (χ2v) is 8.12. The van der Waals surface area contributed by atoms with E-state index in [1.165, 1.54) is 16.3 Å². The van der Waals surface area contributed by atoms with Crippen LogP contribution in [0.25, 0.3) is 11.2 Å². The van der Waals surface area contributed by atoms with E-state index in [1.54, 1.807) is 18.5 Å². The molecule has 0 amide bonds. The van der Waals surface area contributed by atoms with Crippen LogP contribution in [0.3, 0.4) is 0 Å². The van der Waals surface area contributed by atoms with E-state index in [-0.39, 0.29) is 12.6 Å². The van der Waals surface area contributed by atoms with Gasteiger partial charge in [0.2, 0.25) is 0 Å². The van der Waals surface area contributed by atoms with Gasteiger partial charge in [0, 0.05) is 18.5 Å². The molecule has 0 saturated carbocycles. The summed E-state index contributed by atoms with van der Waals surface area (Å²) in [6, 6.07) is 9.61. The lowest BCUT2D eigenvalue weighted by molar-refractivity contribution is -0.144. The number of imidazole rings is 1. The van der Waals surface area contributed by atoms with E-state index in [1.807, 2.05) is 37.3 Å². The van der Waals surface area contributed by atoms with Gasteiger partial charge in [0.05, 0.1) is 0 Å². The first-order valence-electron chi connectivity index (χ1n) is 9.49. The van der Waals surface area contributed by atoms with Crippen LogP contribution in [0, 0.1) is 0 Å². The summed E-state index contributed by atoms with van der Waals surface area (Å²) in [6.45, 7) is 4.18. The van der Waals surface area contributed by atoms with Gasteiger partial charge in [-0.3, -0.25) is 19.1 Å². The van der Waals surface area contributed by atoms with Crippen molar-refractivity contribution < 1.29 is 9.53 Å². The van der Waals surface area contributed by atoms with Gasteiger partial charge in [0.1, 0.15) is 17.7 Å². The van der Waals surface area contributed by atoms with E-state index in [0.29, 0.717) is 23.5 Å². The second-order valence-electron chi connectivity index (χ2n) is 6.70. The molecule has 0 aliphatic carbocycles. The number of hydrogen-bond acceptors (Lipinski definition) is 6. The van der Waals surface area contributed by atoms with E-state index >= 15 is 0 Å². The highest BCUT2D eigenvalue weighted by Gasteiger charge is 2.20. The number of hydrogen-bond donors (Lipinski definition) is 1. The van der Waals surface area contributed by atoms with Gasteiger partial charge < -0.3 is 9.30 Å². The summed E-state index contributed by atoms with van der Waals surface area (Å²) in [5.41, 5.74) is -0.380. The summed E-state index contributed by atoms with van der Waals surface area (Å²) < 4.78 is 8.45. The van der Waals surface area contributed by atoms with Gasteiger partial charge >= 0.3 is 11.7 Å². The Bertz CT molecular complexity index is 1120. The maximum Gasteiger partial charge on any atom is 0.330 e. The third kappa shape index (κ3) is 4.61. The Morgan fingerprint density at radius 1 is 1.28 bits per heavy atom.